The van der Waals surface area contributed by atoms with Crippen molar-refractivity contribution in [3.8, 4) is 0 Å². The van der Waals surface area contributed by atoms with Gasteiger partial charge in [0.25, 0.3) is 0 Å². The monoisotopic (exact) mass is 263 g/mol. The van der Waals surface area contributed by atoms with E-state index in [0.717, 1.165) is 25.1 Å². The fraction of sp³-hybridized carbons (Fsp3) is 0.500. The Morgan fingerprint density at radius 2 is 2.22 bits per heavy atom. The molecule has 2 heterocycles. The Bertz CT molecular complexity index is 487. The Hall–Kier alpha value is -1.13. The van der Waals surface area contributed by atoms with Gasteiger partial charge in [0, 0.05) is 18.1 Å². The lowest BCUT2D eigenvalue weighted by atomic mass is 10.1. The molecule has 2 aromatic rings. The molecule has 0 radical (unpaired) electrons. The van der Waals surface area contributed by atoms with E-state index in [-0.39, 0.29) is 6.04 Å². The molecular weight excluding hydrogens is 242 g/mol. The zero-order chi connectivity index (χ0) is 13.0. The molecule has 1 atom stereocenters. The largest absolute Gasteiger partial charge is 0.304 e. The van der Waals surface area contributed by atoms with Crippen LogP contribution in [0.2, 0.25) is 0 Å². The van der Waals surface area contributed by atoms with Gasteiger partial charge in [-0.1, -0.05) is 13.8 Å². The van der Waals surface area contributed by atoms with Crippen LogP contribution in [0.5, 0.6) is 0 Å². The topological polar surface area (TPSA) is 29.9 Å². The molecule has 0 aliphatic carbocycles. The summed E-state index contributed by atoms with van der Waals surface area (Å²) in [6, 6.07) is 4.57. The molecular formula is C14H21N3S. The highest BCUT2D eigenvalue weighted by Crippen LogP contribution is 2.29. The van der Waals surface area contributed by atoms with E-state index in [1.807, 2.05) is 29.3 Å². The number of hydrogen-bond donors (Lipinski definition) is 1. The van der Waals surface area contributed by atoms with Crippen molar-refractivity contribution in [2.24, 2.45) is 7.05 Å². The van der Waals surface area contributed by atoms with Gasteiger partial charge in [0.05, 0.1) is 11.7 Å². The minimum atomic E-state index is 0.237. The quantitative estimate of drug-likeness (QED) is 0.867. The Balaban J connectivity index is 2.30. The molecule has 0 spiro atoms. The summed E-state index contributed by atoms with van der Waals surface area (Å²) in [4.78, 5) is 1.41. The molecule has 18 heavy (non-hydrogen) atoms. The van der Waals surface area contributed by atoms with Crippen molar-refractivity contribution in [2.45, 2.75) is 32.7 Å². The highest BCUT2D eigenvalue weighted by Gasteiger charge is 2.19. The SMILES string of the molecule is CCCNC(c1ccn(C)n1)c1sccc1CC. The highest BCUT2D eigenvalue weighted by atomic mass is 32.1. The van der Waals surface area contributed by atoms with E-state index in [9.17, 15) is 0 Å². The zero-order valence-electron chi connectivity index (χ0n) is 11.3. The number of thiophene rings is 1. The van der Waals surface area contributed by atoms with Gasteiger partial charge in [-0.15, -0.1) is 11.3 Å². The van der Waals surface area contributed by atoms with Crippen LogP contribution in [0.15, 0.2) is 23.7 Å². The van der Waals surface area contributed by atoms with Gasteiger partial charge >= 0.3 is 0 Å². The maximum atomic E-state index is 4.56. The van der Waals surface area contributed by atoms with E-state index in [4.69, 9.17) is 0 Å². The van der Waals surface area contributed by atoms with Gasteiger partial charge in [0.1, 0.15) is 0 Å². The van der Waals surface area contributed by atoms with Crippen molar-refractivity contribution in [1.29, 1.82) is 0 Å². The lowest BCUT2D eigenvalue weighted by Gasteiger charge is -2.16. The predicted octanol–water partition coefficient (Wildman–Crippen LogP) is 3.13. The standard InChI is InChI=1S/C14H21N3S/c1-4-8-15-13(12-6-9-17(3)16-12)14-11(5-2)7-10-18-14/h6-7,9-10,13,15H,4-5,8H2,1-3H3. The van der Waals surface area contributed by atoms with Crippen LogP contribution in [-0.4, -0.2) is 16.3 Å². The van der Waals surface area contributed by atoms with Crippen molar-refractivity contribution in [2.75, 3.05) is 6.54 Å². The molecule has 0 saturated heterocycles. The van der Waals surface area contributed by atoms with Gasteiger partial charge in [-0.25, -0.2) is 0 Å². The van der Waals surface area contributed by atoms with Crippen molar-refractivity contribution in [1.82, 2.24) is 15.1 Å². The maximum absolute atomic E-state index is 4.56. The molecule has 0 fully saturated rings. The summed E-state index contributed by atoms with van der Waals surface area (Å²) in [5, 5.41) is 10.3. The van der Waals surface area contributed by atoms with Crippen LogP contribution >= 0.6 is 11.3 Å². The van der Waals surface area contributed by atoms with E-state index in [2.05, 4.69) is 41.8 Å². The van der Waals surface area contributed by atoms with Crippen LogP contribution in [-0.2, 0) is 13.5 Å². The van der Waals surface area contributed by atoms with Crippen molar-refractivity contribution in [3.63, 3.8) is 0 Å². The van der Waals surface area contributed by atoms with E-state index in [0.29, 0.717) is 0 Å². The lowest BCUT2D eigenvalue weighted by molar-refractivity contribution is 0.579. The highest BCUT2D eigenvalue weighted by molar-refractivity contribution is 7.10. The fourth-order valence-electron chi connectivity index (χ4n) is 2.10. The Morgan fingerprint density at radius 3 is 2.83 bits per heavy atom. The first-order valence-corrected chi connectivity index (χ1v) is 7.43. The first-order chi connectivity index (χ1) is 8.76. The first kappa shape index (κ1) is 13.3. The van der Waals surface area contributed by atoms with Crippen LogP contribution in [0.1, 0.15) is 42.4 Å². The number of nitrogens with one attached hydrogen (secondary N) is 1. The summed E-state index contributed by atoms with van der Waals surface area (Å²) in [6.45, 7) is 5.42. The van der Waals surface area contributed by atoms with Gasteiger partial charge in [-0.2, -0.15) is 5.10 Å². The molecule has 2 aromatic heterocycles. The number of aromatic nitrogens is 2. The first-order valence-electron chi connectivity index (χ1n) is 6.55. The molecule has 1 unspecified atom stereocenters. The lowest BCUT2D eigenvalue weighted by Crippen LogP contribution is -2.23. The molecule has 1 N–H and O–H groups in total. The van der Waals surface area contributed by atoms with Gasteiger partial charge in [-0.05, 0) is 42.5 Å². The average molecular weight is 263 g/mol. The second kappa shape index (κ2) is 6.16. The molecule has 4 heteroatoms. The predicted molar refractivity (Wildman–Crippen MR) is 77.0 cm³/mol. The van der Waals surface area contributed by atoms with Crippen molar-refractivity contribution >= 4 is 11.3 Å². The molecule has 2 rings (SSSR count). The van der Waals surface area contributed by atoms with E-state index in [1.54, 1.807) is 0 Å². The molecule has 0 amide bonds. The van der Waals surface area contributed by atoms with E-state index >= 15 is 0 Å². The van der Waals surface area contributed by atoms with Gasteiger partial charge < -0.3 is 5.32 Å². The number of nitrogens with zero attached hydrogens (tertiary/aromatic N) is 2. The molecule has 0 bridgehead atoms. The fourth-order valence-corrected chi connectivity index (χ4v) is 3.18. The zero-order valence-corrected chi connectivity index (χ0v) is 12.1. The smallest absolute Gasteiger partial charge is 0.0866 e. The summed E-state index contributed by atoms with van der Waals surface area (Å²) in [5.41, 5.74) is 2.54. The van der Waals surface area contributed by atoms with E-state index < -0.39 is 0 Å². The molecule has 0 aromatic carbocycles. The Labute approximate surface area is 113 Å². The molecule has 0 saturated carbocycles. The Kier molecular flexibility index (Phi) is 4.55. The van der Waals surface area contributed by atoms with Crippen molar-refractivity contribution in [3.05, 3.63) is 39.8 Å². The third-order valence-corrected chi connectivity index (χ3v) is 4.08. The molecule has 0 aliphatic heterocycles. The van der Waals surface area contributed by atoms with Crippen LogP contribution in [0.4, 0.5) is 0 Å². The summed E-state index contributed by atoms with van der Waals surface area (Å²) in [5.74, 6) is 0. The minimum absolute atomic E-state index is 0.237. The third-order valence-electron chi connectivity index (χ3n) is 3.05. The van der Waals surface area contributed by atoms with Gasteiger partial charge in [0.15, 0.2) is 0 Å². The molecule has 3 nitrogen and oxygen atoms in total. The normalized spacial score (nSPS) is 12.8. The molecule has 98 valence electrons. The summed E-state index contributed by atoms with van der Waals surface area (Å²) < 4.78 is 1.87. The average Bonchev–Trinajstić information content (AvgIpc) is 2.99. The van der Waals surface area contributed by atoms with E-state index in [1.165, 1.54) is 10.4 Å². The number of hydrogen-bond acceptors (Lipinski definition) is 3. The van der Waals surface area contributed by atoms with Crippen molar-refractivity contribution < 1.29 is 0 Å². The van der Waals surface area contributed by atoms with Crippen LogP contribution < -0.4 is 5.32 Å². The van der Waals surface area contributed by atoms with Crippen LogP contribution in [0, 0.1) is 0 Å². The summed E-state index contributed by atoms with van der Waals surface area (Å²) >= 11 is 1.83. The number of aryl methyl sites for hydroxylation is 2. The van der Waals surface area contributed by atoms with Crippen LogP contribution in [0.3, 0.4) is 0 Å². The second-order valence-corrected chi connectivity index (χ2v) is 5.41. The summed E-state index contributed by atoms with van der Waals surface area (Å²) in [6.07, 6.45) is 4.22. The second-order valence-electron chi connectivity index (χ2n) is 4.47. The minimum Gasteiger partial charge on any atom is -0.304 e. The Morgan fingerprint density at radius 1 is 1.39 bits per heavy atom. The maximum Gasteiger partial charge on any atom is 0.0866 e. The molecule has 0 aliphatic rings. The summed E-state index contributed by atoms with van der Waals surface area (Å²) in [7, 11) is 1.97. The number of rotatable bonds is 6. The van der Waals surface area contributed by atoms with Crippen LogP contribution in [0.25, 0.3) is 0 Å². The van der Waals surface area contributed by atoms with Gasteiger partial charge in [-0.3, -0.25) is 4.68 Å². The third kappa shape index (κ3) is 2.82. The van der Waals surface area contributed by atoms with Gasteiger partial charge in [0.2, 0.25) is 0 Å².